The Morgan fingerprint density at radius 1 is 0.408 bits per heavy atom. The summed E-state index contributed by atoms with van der Waals surface area (Å²) in [6, 6.07) is 5.60. The summed E-state index contributed by atoms with van der Waals surface area (Å²) in [6.07, 6.45) is 39.2. The molecule has 0 aliphatic rings. The van der Waals surface area contributed by atoms with E-state index in [0.717, 1.165) is 152 Å². The molecule has 2 aromatic carbocycles. The summed E-state index contributed by atoms with van der Waals surface area (Å²) in [4.78, 5) is 115. The Kier molecular flexibility index (Phi) is 53.1. The molecule has 0 fully saturated rings. The summed E-state index contributed by atoms with van der Waals surface area (Å²) < 4.78 is 117. The molecule has 0 amide bonds. The van der Waals surface area contributed by atoms with Gasteiger partial charge in [-0.25, -0.2) is 70.4 Å². The van der Waals surface area contributed by atoms with Crippen molar-refractivity contribution in [2.24, 2.45) is 0 Å². The predicted octanol–water partition coefficient (Wildman–Crippen LogP) is 13.7. The van der Waals surface area contributed by atoms with Gasteiger partial charge in [0, 0.05) is 72.8 Å². The van der Waals surface area contributed by atoms with Crippen LogP contribution < -0.4 is 10.2 Å². The second-order valence-corrected chi connectivity index (χ2v) is 29.2. The predicted molar refractivity (Wildman–Crippen MR) is 424 cm³/mol. The summed E-state index contributed by atoms with van der Waals surface area (Å²) in [7, 11) is 0. The number of carboxylic acids is 2. The van der Waals surface area contributed by atoms with Gasteiger partial charge in [0.2, 0.25) is 0 Å². The van der Waals surface area contributed by atoms with E-state index in [1.807, 2.05) is 0 Å². The topological polar surface area (TPSA) is 391 Å². The van der Waals surface area contributed by atoms with Crippen LogP contribution in [0.1, 0.15) is 294 Å². The van der Waals surface area contributed by atoms with Crippen LogP contribution in [0.5, 0.6) is 0 Å². The molecule has 120 heavy (non-hydrogen) atoms. The molecule has 0 aliphatic heterocycles. The summed E-state index contributed by atoms with van der Waals surface area (Å²) in [5.41, 5.74) is -4.51. The highest BCUT2D eigenvalue weighted by Gasteiger charge is 2.43. The lowest BCUT2D eigenvalue weighted by Gasteiger charge is -2.34. The second-order valence-electron chi connectivity index (χ2n) is 29.2. The van der Waals surface area contributed by atoms with Crippen LogP contribution >= 0.6 is 0 Å². The van der Waals surface area contributed by atoms with Gasteiger partial charge in [0.05, 0.1) is 49.3 Å². The summed E-state index contributed by atoms with van der Waals surface area (Å²) in [5, 5.41) is 51.4. The average Bonchev–Trinajstić information content (AvgIpc) is 0.981. The quantitative estimate of drug-likeness (QED) is 0.0118. The van der Waals surface area contributed by atoms with E-state index in [1.54, 1.807) is 0 Å². The first-order valence-electron chi connectivity index (χ1n) is 41.6. The molecule has 666 valence electrons. The van der Waals surface area contributed by atoms with Gasteiger partial charge in [0.25, 0.3) is 0 Å². The Morgan fingerprint density at radius 3 is 1.02 bits per heavy atom. The van der Waals surface area contributed by atoms with Gasteiger partial charge in [-0.15, -0.1) is 0 Å². The van der Waals surface area contributed by atoms with Gasteiger partial charge in [0.15, 0.2) is 23.8 Å². The van der Waals surface area contributed by atoms with E-state index in [4.69, 9.17) is 28.4 Å². The monoisotopic (exact) mass is 1690 g/mol. The van der Waals surface area contributed by atoms with Crippen LogP contribution in [-0.2, 0) is 91.1 Å². The summed E-state index contributed by atoms with van der Waals surface area (Å²) >= 11 is 0. The van der Waals surface area contributed by atoms with Crippen molar-refractivity contribution in [1.29, 1.82) is 0 Å². The number of carbonyl (C=O) groups excluding carboxylic acids is 8. The highest BCUT2D eigenvalue weighted by molar-refractivity contribution is 5.90. The number of nitrogens with zero attached hydrogens (tertiary/aromatic N) is 10. The lowest BCUT2D eigenvalue weighted by Crippen LogP contribution is -2.39. The second kappa shape index (κ2) is 61.2. The number of halogens is 6. The molecule has 0 saturated heterocycles. The Labute approximate surface area is 698 Å². The maximum atomic E-state index is 14.4. The number of hydrogen-bond acceptors (Lipinski definition) is 26. The van der Waals surface area contributed by atoms with Crippen LogP contribution in [0.15, 0.2) is 98.9 Å². The third kappa shape index (κ3) is 43.7. The molecule has 6 aromatic rings. The molecule has 0 bridgehead atoms. The van der Waals surface area contributed by atoms with Crippen LogP contribution in [0.3, 0.4) is 0 Å². The van der Waals surface area contributed by atoms with E-state index in [1.165, 1.54) is 126 Å². The van der Waals surface area contributed by atoms with Gasteiger partial charge in [-0.2, -0.15) is 10.2 Å². The van der Waals surface area contributed by atoms with Crippen molar-refractivity contribution in [3.05, 3.63) is 156 Å². The van der Waals surface area contributed by atoms with Gasteiger partial charge in [-0.3, -0.25) is 24.0 Å². The smallest absolute Gasteiger partial charge is 0.331 e. The Hall–Kier alpha value is -10.1. The summed E-state index contributed by atoms with van der Waals surface area (Å²) in [6.45, 7) is 10.1. The molecular weight excluding hydrogens is 1570 g/mol. The highest BCUT2D eigenvalue weighted by Crippen LogP contribution is 2.41. The first-order valence-corrected chi connectivity index (χ1v) is 41.6. The molecule has 0 spiro atoms. The molecule has 34 heteroatoms. The van der Waals surface area contributed by atoms with Crippen molar-refractivity contribution in [3.8, 4) is 0 Å². The zero-order chi connectivity index (χ0) is 88.4. The molecule has 28 nitrogen and oxygen atoms in total. The fourth-order valence-corrected chi connectivity index (χ4v) is 12.4. The molecular formula is C86H120F6N10O18-2. The number of ether oxygens (including phenoxy) is 6. The standard InChI is InChI=1S/C31H54O8.C23H40O8.2C16H14F3N5O/c1-3-5-7-9-11-13-15-17-19-21-29(34)37-25-27(39-31(36)24-23-28(32)33)26-38-30(35)22-20-18-16-14-12-10-8-6-4-2;1-3-5-7-9-11-13-21(26)29-17-19(31-23(28)16-15-20(24)25)18-30-22(27)14-12-10-8-6-4-2;2*1-10(15-14(19)5-20-7-22-15)16(25,6-24-9-21-8-23-24)12-3-2-11(17)4-13(12)18/h23-24,27H,3-22,25-26H2,1-2H3,(H,32,33);19H,3-18H2,1-2H3,(H,24,25);2*2-5,7-10,25H,6H2,1H3/p-2/b24-23+;;;/t;;2*10-,16+/m..00/s1. The normalized spacial score (nSPS) is 12.6. The van der Waals surface area contributed by atoms with Crippen molar-refractivity contribution in [2.75, 3.05) is 26.4 Å². The third-order valence-corrected chi connectivity index (χ3v) is 19.3. The van der Waals surface area contributed by atoms with Gasteiger partial charge in [-0.1, -0.05) is 208 Å². The number of aromatic nitrogens is 10. The first-order chi connectivity index (χ1) is 57.6. The largest absolute Gasteiger partial charge is 0.550 e. The Balaban J connectivity index is 0.000000419. The van der Waals surface area contributed by atoms with Crippen molar-refractivity contribution in [3.63, 3.8) is 0 Å². The first kappa shape index (κ1) is 104. The zero-order valence-corrected chi connectivity index (χ0v) is 70.0. The van der Waals surface area contributed by atoms with E-state index < -0.39 is 124 Å². The van der Waals surface area contributed by atoms with E-state index >= 15 is 0 Å². The Morgan fingerprint density at radius 2 is 0.733 bits per heavy atom. The minimum absolute atomic E-state index is 0.0960. The van der Waals surface area contributed by atoms with E-state index in [0.29, 0.717) is 24.3 Å². The zero-order valence-electron chi connectivity index (χ0n) is 70.0. The molecule has 0 saturated carbocycles. The number of unbranched alkanes of at least 4 members (excludes halogenated alkanes) is 24. The number of benzene rings is 2. The third-order valence-electron chi connectivity index (χ3n) is 19.3. The molecule has 2 N–H and O–H groups in total. The molecule has 6 rings (SSSR count). The number of carboxylic acid groups (broad SMARTS) is 2. The number of hydrogen-bond donors (Lipinski definition) is 2. The number of aliphatic hydroxyl groups is 2. The van der Waals surface area contributed by atoms with Gasteiger partial charge >= 0.3 is 35.8 Å². The van der Waals surface area contributed by atoms with Crippen LogP contribution in [0.2, 0.25) is 0 Å². The van der Waals surface area contributed by atoms with Gasteiger partial charge in [-0.05, 0) is 50.3 Å². The van der Waals surface area contributed by atoms with E-state index in [-0.39, 0.29) is 94.1 Å². The SMILES string of the molecule is CCCCCCCC(=O)OCC(COC(=O)CCCCCCC)OC(=O)CCC(=O)[O-].CCCCCCCCCCCC(=O)OCC(COC(=O)CCCCCCCCCCC)OC(=O)/C=C/C(=O)[O-].C[C@@H](c1ncncc1F)[C@](O)(Cn1cncn1)c1ccc(F)cc1F.C[C@@H](c1ncncc1F)[C@](O)(Cn1cncn1)c1ccc(F)cc1F. The Bertz CT molecular complexity index is 3730. The highest BCUT2D eigenvalue weighted by atomic mass is 19.2. The van der Waals surface area contributed by atoms with Gasteiger partial charge in [0.1, 0.15) is 98.9 Å². The number of aliphatic carboxylic acids is 2. The molecule has 4 heterocycles. The fourth-order valence-electron chi connectivity index (χ4n) is 12.4. The van der Waals surface area contributed by atoms with Crippen LogP contribution in [0.25, 0.3) is 0 Å². The number of esters is 6. The maximum Gasteiger partial charge on any atom is 0.331 e. The van der Waals surface area contributed by atoms with Crippen molar-refractivity contribution in [2.45, 2.75) is 308 Å². The van der Waals surface area contributed by atoms with Crippen LogP contribution in [0.4, 0.5) is 26.3 Å². The van der Waals surface area contributed by atoms with Crippen LogP contribution in [-0.4, -0.2) is 146 Å². The van der Waals surface area contributed by atoms with Gasteiger partial charge < -0.3 is 58.4 Å². The number of carbonyl (C=O) groups is 8. The molecule has 4 atom stereocenters. The van der Waals surface area contributed by atoms with E-state index in [2.05, 4.69) is 67.8 Å². The van der Waals surface area contributed by atoms with Crippen LogP contribution in [0, 0.1) is 34.9 Å². The lowest BCUT2D eigenvalue weighted by molar-refractivity contribution is -0.306. The minimum atomic E-state index is -1.96. The lowest BCUT2D eigenvalue weighted by atomic mass is 9.79. The van der Waals surface area contributed by atoms with E-state index in [9.17, 15) is 85.1 Å². The molecule has 0 aliphatic carbocycles. The van der Waals surface area contributed by atoms with Crippen molar-refractivity contribution < 1.29 is 114 Å². The fraction of sp³-hybridized carbons (Fsp3) is 0.605. The number of rotatable bonds is 57. The van der Waals surface area contributed by atoms with Crippen molar-refractivity contribution >= 4 is 47.8 Å². The molecule has 4 aromatic heterocycles. The minimum Gasteiger partial charge on any atom is -0.550 e. The van der Waals surface area contributed by atoms with Crippen molar-refractivity contribution in [1.82, 2.24) is 49.5 Å². The molecule has 0 unspecified atom stereocenters. The average molecular weight is 1700 g/mol. The summed E-state index contributed by atoms with van der Waals surface area (Å²) in [5.74, 6) is -13.2. The molecule has 0 radical (unpaired) electrons. The maximum absolute atomic E-state index is 14.4.